The third-order valence-corrected chi connectivity index (χ3v) is 7.83. The second kappa shape index (κ2) is 6.48. The quantitative estimate of drug-likeness (QED) is 0.679. The lowest BCUT2D eigenvalue weighted by Gasteiger charge is -2.43. The molecule has 1 spiro atoms. The van der Waals surface area contributed by atoms with Gasteiger partial charge in [-0.15, -0.1) is 0 Å². The van der Waals surface area contributed by atoms with Crippen molar-refractivity contribution >= 4 is 16.7 Å². The van der Waals surface area contributed by atoms with Crippen LogP contribution in [0.2, 0.25) is 0 Å². The van der Waals surface area contributed by atoms with Gasteiger partial charge in [0, 0.05) is 36.7 Å². The molecule has 4 heterocycles. The molecule has 0 radical (unpaired) electrons. The van der Waals surface area contributed by atoms with Crippen LogP contribution in [0, 0.1) is 22.7 Å². The van der Waals surface area contributed by atoms with E-state index >= 15 is 0 Å². The molecule has 32 heavy (non-hydrogen) atoms. The van der Waals surface area contributed by atoms with Gasteiger partial charge in [0.15, 0.2) is 5.82 Å². The first-order chi connectivity index (χ1) is 15.3. The van der Waals surface area contributed by atoms with E-state index in [-0.39, 0.29) is 5.92 Å². The number of hydrogen-bond donors (Lipinski definition) is 1. The Bertz CT molecular complexity index is 1240. The number of anilines is 1. The van der Waals surface area contributed by atoms with Crippen LogP contribution in [0.4, 0.5) is 5.82 Å². The van der Waals surface area contributed by atoms with Crippen LogP contribution >= 0.6 is 0 Å². The molecule has 0 unspecified atom stereocenters. The van der Waals surface area contributed by atoms with Crippen molar-refractivity contribution in [1.82, 2.24) is 24.7 Å². The molecule has 0 amide bonds. The monoisotopic (exact) mass is 429 g/mol. The highest BCUT2D eigenvalue weighted by Gasteiger charge is 2.62. The molecule has 0 bridgehead atoms. The summed E-state index contributed by atoms with van der Waals surface area (Å²) < 4.78 is 1.81. The van der Waals surface area contributed by atoms with Crippen molar-refractivity contribution in [2.24, 2.45) is 11.3 Å². The van der Waals surface area contributed by atoms with Crippen molar-refractivity contribution in [2.45, 2.75) is 57.0 Å². The largest absolute Gasteiger partial charge is 0.390 e. The summed E-state index contributed by atoms with van der Waals surface area (Å²) >= 11 is 0. The Kier molecular flexibility index (Phi) is 3.98. The van der Waals surface area contributed by atoms with Crippen molar-refractivity contribution in [1.29, 1.82) is 5.26 Å². The lowest BCUT2D eigenvalue weighted by molar-refractivity contribution is 0.0263. The zero-order valence-corrected chi connectivity index (χ0v) is 18.5. The Morgan fingerprint density at radius 3 is 2.59 bits per heavy atom. The molecule has 6 rings (SSSR count). The van der Waals surface area contributed by atoms with Crippen molar-refractivity contribution < 1.29 is 5.11 Å². The summed E-state index contributed by atoms with van der Waals surface area (Å²) in [6, 6.07) is 6.52. The molecule has 1 N–H and O–H groups in total. The van der Waals surface area contributed by atoms with E-state index in [0.29, 0.717) is 11.2 Å². The molecule has 1 saturated heterocycles. The fourth-order valence-electron chi connectivity index (χ4n) is 5.61. The smallest absolute Gasteiger partial charge is 0.159 e. The van der Waals surface area contributed by atoms with E-state index in [2.05, 4.69) is 31.0 Å². The van der Waals surface area contributed by atoms with Crippen LogP contribution in [0.1, 0.15) is 51.6 Å². The molecule has 3 aromatic heterocycles. The highest BCUT2D eigenvalue weighted by molar-refractivity contribution is 5.80. The van der Waals surface area contributed by atoms with Gasteiger partial charge in [0.05, 0.1) is 29.1 Å². The van der Waals surface area contributed by atoms with Gasteiger partial charge in [0.2, 0.25) is 0 Å². The predicted molar refractivity (Wildman–Crippen MR) is 119 cm³/mol. The molecule has 3 fully saturated rings. The SMILES string of the molecule is CC(C)(O)[C@@H]1CCN(c2cc(-n3ncc4cnc(C5(C#N)CC6(CC6)C5)cc43)ncn2)C1. The Balaban J connectivity index is 1.33. The minimum absolute atomic E-state index is 0.208. The molecule has 0 aromatic carbocycles. The maximum Gasteiger partial charge on any atom is 0.159 e. The first kappa shape index (κ1) is 19.6. The summed E-state index contributed by atoms with van der Waals surface area (Å²) in [6.07, 6.45) is 10.4. The van der Waals surface area contributed by atoms with Gasteiger partial charge in [0.25, 0.3) is 0 Å². The van der Waals surface area contributed by atoms with Gasteiger partial charge in [-0.05, 0) is 57.4 Å². The van der Waals surface area contributed by atoms with E-state index in [1.807, 2.05) is 36.9 Å². The number of nitriles is 1. The van der Waals surface area contributed by atoms with Gasteiger partial charge < -0.3 is 10.0 Å². The van der Waals surface area contributed by atoms with Crippen LogP contribution in [-0.2, 0) is 5.41 Å². The average molecular weight is 430 g/mol. The standard InChI is InChI=1S/C24H27N7O/c1-22(2,32)17-3-6-30(11-17)20-8-21(28-15-27-20)31-18-7-19(26-9-16(18)10-29-31)24(14-25)12-23(13-24)4-5-23/h7-10,15,17,32H,3-6,11-13H2,1-2H3/t17-/m1/s1. The normalized spacial score (nSPS) is 23.3. The molecule has 2 saturated carbocycles. The van der Waals surface area contributed by atoms with Crippen LogP contribution in [-0.4, -0.2) is 48.5 Å². The van der Waals surface area contributed by atoms with Crippen LogP contribution < -0.4 is 4.90 Å². The van der Waals surface area contributed by atoms with E-state index in [9.17, 15) is 10.4 Å². The molecule has 164 valence electrons. The predicted octanol–water partition coefficient (Wildman–Crippen LogP) is 3.14. The average Bonchev–Trinajstić information content (AvgIpc) is 3.19. The highest BCUT2D eigenvalue weighted by Crippen LogP contribution is 2.68. The van der Waals surface area contributed by atoms with Gasteiger partial charge >= 0.3 is 0 Å². The fourth-order valence-corrected chi connectivity index (χ4v) is 5.61. The van der Waals surface area contributed by atoms with Gasteiger partial charge in [-0.3, -0.25) is 4.98 Å². The topological polar surface area (TPSA) is 104 Å². The Hall–Kier alpha value is -3.05. The van der Waals surface area contributed by atoms with Gasteiger partial charge in [-0.25, -0.2) is 14.6 Å². The van der Waals surface area contributed by atoms with Crippen LogP contribution in [0.3, 0.4) is 0 Å². The number of rotatable bonds is 4. The summed E-state index contributed by atoms with van der Waals surface area (Å²) in [5, 5.41) is 25.8. The number of hydrogen-bond acceptors (Lipinski definition) is 7. The fraction of sp³-hybridized carbons (Fsp3) is 0.542. The van der Waals surface area contributed by atoms with Crippen molar-refractivity contribution in [3.63, 3.8) is 0 Å². The van der Waals surface area contributed by atoms with Crippen LogP contribution in [0.15, 0.2) is 30.9 Å². The zero-order chi connectivity index (χ0) is 22.1. The van der Waals surface area contributed by atoms with Crippen LogP contribution in [0.5, 0.6) is 0 Å². The summed E-state index contributed by atoms with van der Waals surface area (Å²) in [5.41, 5.74) is 0.975. The van der Waals surface area contributed by atoms with Crippen molar-refractivity contribution in [3.8, 4) is 11.9 Å². The minimum atomic E-state index is -0.705. The Morgan fingerprint density at radius 1 is 1.12 bits per heavy atom. The molecular formula is C24H27N7O. The Labute approximate surface area is 186 Å². The lowest BCUT2D eigenvalue weighted by Crippen LogP contribution is -2.42. The molecule has 8 nitrogen and oxygen atoms in total. The van der Waals surface area contributed by atoms with E-state index < -0.39 is 11.0 Å². The van der Waals surface area contributed by atoms with Gasteiger partial charge in [0.1, 0.15) is 17.6 Å². The number of aromatic nitrogens is 5. The number of aliphatic hydroxyl groups is 1. The maximum absolute atomic E-state index is 10.4. The van der Waals surface area contributed by atoms with Gasteiger partial charge in [-0.2, -0.15) is 10.4 Å². The first-order valence-corrected chi connectivity index (χ1v) is 11.4. The summed E-state index contributed by atoms with van der Waals surface area (Å²) in [5.74, 6) is 1.73. The summed E-state index contributed by atoms with van der Waals surface area (Å²) in [7, 11) is 0. The van der Waals surface area contributed by atoms with E-state index in [4.69, 9.17) is 0 Å². The first-order valence-electron chi connectivity index (χ1n) is 11.4. The molecule has 2 aliphatic carbocycles. The number of nitrogens with zero attached hydrogens (tertiary/aromatic N) is 7. The molecule has 1 aliphatic heterocycles. The number of fused-ring (bicyclic) bond motifs is 1. The van der Waals surface area contributed by atoms with Crippen molar-refractivity contribution in [2.75, 3.05) is 18.0 Å². The van der Waals surface area contributed by atoms with E-state index in [1.165, 1.54) is 12.8 Å². The van der Waals surface area contributed by atoms with Gasteiger partial charge in [-0.1, -0.05) is 0 Å². The van der Waals surface area contributed by atoms with Crippen LogP contribution in [0.25, 0.3) is 16.7 Å². The third-order valence-electron chi connectivity index (χ3n) is 7.83. The molecule has 3 aliphatic rings. The molecular weight excluding hydrogens is 402 g/mol. The van der Waals surface area contributed by atoms with E-state index in [1.54, 1.807) is 12.5 Å². The zero-order valence-electron chi connectivity index (χ0n) is 18.5. The second-order valence-electron chi connectivity index (χ2n) is 10.6. The summed E-state index contributed by atoms with van der Waals surface area (Å²) in [4.78, 5) is 15.8. The maximum atomic E-state index is 10.4. The summed E-state index contributed by atoms with van der Waals surface area (Å²) in [6.45, 7) is 5.36. The Morgan fingerprint density at radius 2 is 1.91 bits per heavy atom. The number of pyridine rings is 1. The molecule has 8 heteroatoms. The van der Waals surface area contributed by atoms with Crippen molar-refractivity contribution in [3.05, 3.63) is 36.5 Å². The minimum Gasteiger partial charge on any atom is -0.390 e. The molecule has 1 atom stereocenters. The second-order valence-corrected chi connectivity index (χ2v) is 10.6. The third kappa shape index (κ3) is 2.99. The highest BCUT2D eigenvalue weighted by atomic mass is 16.3. The lowest BCUT2D eigenvalue weighted by atomic mass is 9.58. The van der Waals surface area contributed by atoms with E-state index in [0.717, 1.165) is 54.8 Å². The molecule has 3 aromatic rings.